The molecule has 1 aromatic carbocycles. The molecular formula is C13H14N2OS. The Hall–Kier alpha value is -1.68. The lowest BCUT2D eigenvalue weighted by Crippen LogP contribution is -1.93. The Balaban J connectivity index is 2.11. The van der Waals surface area contributed by atoms with Gasteiger partial charge in [0.25, 0.3) is 0 Å². The zero-order valence-electron chi connectivity index (χ0n) is 9.59. The van der Waals surface area contributed by atoms with Crippen LogP contribution in [0.5, 0.6) is 5.88 Å². The molecule has 0 bridgehead atoms. The van der Waals surface area contributed by atoms with Gasteiger partial charge in [-0.1, -0.05) is 30.3 Å². The average molecular weight is 246 g/mol. The van der Waals surface area contributed by atoms with Crippen molar-refractivity contribution in [3.63, 3.8) is 0 Å². The predicted octanol–water partition coefficient (Wildman–Crippen LogP) is 2.96. The van der Waals surface area contributed by atoms with Crippen molar-refractivity contribution >= 4 is 17.4 Å². The highest BCUT2D eigenvalue weighted by atomic mass is 32.2. The number of hydrogen-bond donors (Lipinski definition) is 1. The van der Waals surface area contributed by atoms with Crippen molar-refractivity contribution in [1.82, 2.24) is 4.98 Å². The molecule has 0 radical (unpaired) electrons. The molecular weight excluding hydrogens is 232 g/mol. The van der Waals surface area contributed by atoms with E-state index in [1.165, 1.54) is 5.56 Å². The van der Waals surface area contributed by atoms with E-state index in [-0.39, 0.29) is 0 Å². The molecule has 2 rings (SSSR count). The summed E-state index contributed by atoms with van der Waals surface area (Å²) < 4.78 is 5.20. The Morgan fingerprint density at radius 1 is 1.29 bits per heavy atom. The van der Waals surface area contributed by atoms with Crippen LogP contribution in [-0.2, 0) is 5.75 Å². The number of thioether (sulfide) groups is 1. The van der Waals surface area contributed by atoms with Crippen LogP contribution in [0.1, 0.15) is 5.56 Å². The molecule has 2 aromatic rings. The molecule has 0 amide bonds. The average Bonchev–Trinajstić information content (AvgIpc) is 2.38. The van der Waals surface area contributed by atoms with E-state index in [0.717, 1.165) is 10.6 Å². The van der Waals surface area contributed by atoms with Crippen LogP contribution in [0.3, 0.4) is 0 Å². The van der Waals surface area contributed by atoms with Crippen LogP contribution in [0.15, 0.2) is 47.5 Å². The van der Waals surface area contributed by atoms with E-state index in [1.807, 2.05) is 24.3 Å². The lowest BCUT2D eigenvalue weighted by Gasteiger charge is -2.07. The van der Waals surface area contributed by atoms with E-state index < -0.39 is 0 Å². The Bertz CT molecular complexity index is 488. The molecule has 0 aliphatic rings. The van der Waals surface area contributed by atoms with Crippen LogP contribution >= 0.6 is 11.8 Å². The maximum Gasteiger partial charge on any atom is 0.227 e. The molecule has 88 valence electrons. The first-order valence-electron chi connectivity index (χ1n) is 5.26. The van der Waals surface area contributed by atoms with Crippen molar-refractivity contribution in [2.75, 3.05) is 12.8 Å². The van der Waals surface area contributed by atoms with Crippen molar-refractivity contribution < 1.29 is 4.74 Å². The second-order valence-electron chi connectivity index (χ2n) is 3.55. The lowest BCUT2D eigenvalue weighted by atomic mass is 10.2. The molecule has 4 heteroatoms. The van der Waals surface area contributed by atoms with Gasteiger partial charge in [0.05, 0.1) is 23.9 Å². The molecule has 0 saturated heterocycles. The van der Waals surface area contributed by atoms with E-state index in [4.69, 9.17) is 10.5 Å². The summed E-state index contributed by atoms with van der Waals surface area (Å²) in [7, 11) is 1.62. The fraction of sp³-hybridized carbons (Fsp3) is 0.154. The van der Waals surface area contributed by atoms with Gasteiger partial charge in [0.1, 0.15) is 0 Å². The third-order valence-electron chi connectivity index (χ3n) is 2.27. The standard InChI is InChI=1S/C13H14N2OS/c1-16-13-12(7-11(14)8-15-13)17-9-10-5-3-2-4-6-10/h2-8H,9,14H2,1H3. The van der Waals surface area contributed by atoms with E-state index in [2.05, 4.69) is 17.1 Å². The highest BCUT2D eigenvalue weighted by Gasteiger charge is 2.05. The van der Waals surface area contributed by atoms with Gasteiger partial charge in [0.15, 0.2) is 0 Å². The summed E-state index contributed by atoms with van der Waals surface area (Å²) in [6.45, 7) is 0. The Labute approximate surface area is 105 Å². The Morgan fingerprint density at radius 3 is 2.76 bits per heavy atom. The highest BCUT2D eigenvalue weighted by Crippen LogP contribution is 2.31. The minimum absolute atomic E-state index is 0.625. The zero-order chi connectivity index (χ0) is 12.1. The van der Waals surface area contributed by atoms with Gasteiger partial charge in [-0.3, -0.25) is 0 Å². The topological polar surface area (TPSA) is 48.1 Å². The van der Waals surface area contributed by atoms with Crippen molar-refractivity contribution in [1.29, 1.82) is 0 Å². The van der Waals surface area contributed by atoms with Crippen LogP contribution in [0.4, 0.5) is 5.69 Å². The number of benzene rings is 1. The van der Waals surface area contributed by atoms with Gasteiger partial charge < -0.3 is 10.5 Å². The van der Waals surface area contributed by atoms with Gasteiger partial charge in [-0.15, -0.1) is 11.8 Å². The number of nitrogens with zero attached hydrogens (tertiary/aromatic N) is 1. The smallest absolute Gasteiger partial charge is 0.227 e. The molecule has 0 aliphatic heterocycles. The number of nitrogens with two attached hydrogens (primary N) is 1. The molecule has 2 N–H and O–H groups in total. The van der Waals surface area contributed by atoms with E-state index in [1.54, 1.807) is 25.1 Å². The van der Waals surface area contributed by atoms with Crippen molar-refractivity contribution in [2.45, 2.75) is 10.6 Å². The van der Waals surface area contributed by atoms with Gasteiger partial charge in [0, 0.05) is 5.75 Å². The van der Waals surface area contributed by atoms with Crippen LogP contribution in [0.2, 0.25) is 0 Å². The maximum absolute atomic E-state index is 5.72. The van der Waals surface area contributed by atoms with Gasteiger partial charge in [-0.05, 0) is 11.6 Å². The number of pyridine rings is 1. The van der Waals surface area contributed by atoms with Crippen LogP contribution < -0.4 is 10.5 Å². The summed E-state index contributed by atoms with van der Waals surface area (Å²) in [6, 6.07) is 12.2. The Morgan fingerprint density at radius 2 is 2.06 bits per heavy atom. The number of methoxy groups -OCH3 is 1. The number of nitrogen functional groups attached to an aromatic ring is 1. The summed E-state index contributed by atoms with van der Waals surface area (Å²) >= 11 is 1.67. The molecule has 17 heavy (non-hydrogen) atoms. The van der Waals surface area contributed by atoms with E-state index >= 15 is 0 Å². The minimum atomic E-state index is 0.625. The summed E-state index contributed by atoms with van der Waals surface area (Å²) in [5.41, 5.74) is 7.64. The largest absolute Gasteiger partial charge is 0.480 e. The van der Waals surface area contributed by atoms with Gasteiger partial charge >= 0.3 is 0 Å². The Kier molecular flexibility index (Phi) is 3.88. The monoisotopic (exact) mass is 246 g/mol. The number of rotatable bonds is 4. The molecule has 0 atom stereocenters. The molecule has 1 heterocycles. The molecule has 0 spiro atoms. The predicted molar refractivity (Wildman–Crippen MR) is 71.2 cm³/mol. The summed E-state index contributed by atoms with van der Waals surface area (Å²) in [6.07, 6.45) is 1.60. The minimum Gasteiger partial charge on any atom is -0.480 e. The zero-order valence-corrected chi connectivity index (χ0v) is 10.4. The molecule has 3 nitrogen and oxygen atoms in total. The number of ether oxygens (including phenoxy) is 1. The first-order chi connectivity index (χ1) is 8.29. The fourth-order valence-corrected chi connectivity index (χ4v) is 2.43. The molecule has 0 saturated carbocycles. The van der Waals surface area contributed by atoms with Crippen molar-refractivity contribution in [3.8, 4) is 5.88 Å². The second kappa shape index (κ2) is 5.59. The number of aromatic nitrogens is 1. The number of anilines is 1. The summed E-state index contributed by atoms with van der Waals surface area (Å²) in [5.74, 6) is 1.50. The van der Waals surface area contributed by atoms with Gasteiger partial charge in [-0.2, -0.15) is 0 Å². The normalized spacial score (nSPS) is 10.2. The molecule has 0 fully saturated rings. The van der Waals surface area contributed by atoms with Crippen LogP contribution in [-0.4, -0.2) is 12.1 Å². The first-order valence-corrected chi connectivity index (χ1v) is 6.24. The summed E-state index contributed by atoms with van der Waals surface area (Å²) in [4.78, 5) is 5.11. The first kappa shape index (κ1) is 11.8. The molecule has 1 aromatic heterocycles. The SMILES string of the molecule is COc1ncc(N)cc1SCc1ccccc1. The van der Waals surface area contributed by atoms with Gasteiger partial charge in [-0.25, -0.2) is 4.98 Å². The van der Waals surface area contributed by atoms with Crippen LogP contribution in [0.25, 0.3) is 0 Å². The van der Waals surface area contributed by atoms with E-state index in [9.17, 15) is 0 Å². The third-order valence-corrected chi connectivity index (χ3v) is 3.35. The number of hydrogen-bond acceptors (Lipinski definition) is 4. The highest BCUT2D eigenvalue weighted by molar-refractivity contribution is 7.98. The lowest BCUT2D eigenvalue weighted by molar-refractivity contribution is 0.387. The molecule has 0 aliphatic carbocycles. The fourth-order valence-electron chi connectivity index (χ4n) is 1.44. The van der Waals surface area contributed by atoms with Crippen molar-refractivity contribution in [2.24, 2.45) is 0 Å². The quantitative estimate of drug-likeness (QED) is 0.843. The maximum atomic E-state index is 5.72. The van der Waals surface area contributed by atoms with E-state index in [0.29, 0.717) is 11.6 Å². The van der Waals surface area contributed by atoms with Crippen molar-refractivity contribution in [3.05, 3.63) is 48.2 Å². The third kappa shape index (κ3) is 3.14. The second-order valence-corrected chi connectivity index (χ2v) is 4.57. The van der Waals surface area contributed by atoms with Gasteiger partial charge in [0.2, 0.25) is 5.88 Å². The van der Waals surface area contributed by atoms with Crippen LogP contribution in [0, 0.1) is 0 Å². The summed E-state index contributed by atoms with van der Waals surface area (Å²) in [5, 5.41) is 0. The molecule has 0 unspecified atom stereocenters.